The smallest absolute Gasteiger partial charge is 0.324 e. The summed E-state index contributed by atoms with van der Waals surface area (Å²) in [6.45, 7) is 3.98. The third-order valence-corrected chi connectivity index (χ3v) is 3.98. The highest BCUT2D eigenvalue weighted by atomic mass is 16.5. The van der Waals surface area contributed by atoms with E-state index in [0.717, 1.165) is 25.1 Å². The Morgan fingerprint density at radius 1 is 1.42 bits per heavy atom. The number of nitrogens with zero attached hydrogens (tertiary/aromatic N) is 1. The Labute approximate surface area is 114 Å². The van der Waals surface area contributed by atoms with Crippen molar-refractivity contribution in [3.05, 3.63) is 30.3 Å². The predicted octanol–water partition coefficient (Wildman–Crippen LogP) is 2.39. The van der Waals surface area contributed by atoms with Gasteiger partial charge in [0.1, 0.15) is 17.9 Å². The van der Waals surface area contributed by atoms with E-state index < -0.39 is 11.5 Å². The second-order valence-corrected chi connectivity index (χ2v) is 4.94. The van der Waals surface area contributed by atoms with Gasteiger partial charge in [0.25, 0.3) is 0 Å². The number of hydrogen-bond acceptors (Lipinski definition) is 3. The van der Waals surface area contributed by atoms with Crippen LogP contribution < -0.4 is 4.74 Å². The molecule has 1 aliphatic heterocycles. The van der Waals surface area contributed by atoms with Gasteiger partial charge < -0.3 is 9.84 Å². The number of likely N-dealkylation sites (tertiary alicyclic amines) is 1. The summed E-state index contributed by atoms with van der Waals surface area (Å²) in [5, 5.41) is 9.47. The lowest BCUT2D eigenvalue weighted by Gasteiger charge is -2.33. The minimum atomic E-state index is -0.702. The van der Waals surface area contributed by atoms with Crippen LogP contribution >= 0.6 is 0 Å². The maximum absolute atomic E-state index is 11.5. The molecular formula is C15H21NO3. The van der Waals surface area contributed by atoms with Crippen LogP contribution in [0.3, 0.4) is 0 Å². The van der Waals surface area contributed by atoms with Crippen LogP contribution in [0.4, 0.5) is 0 Å². The summed E-state index contributed by atoms with van der Waals surface area (Å²) in [6, 6.07) is 9.62. The number of aliphatic carboxylic acids is 1. The van der Waals surface area contributed by atoms with Crippen LogP contribution in [0.15, 0.2) is 30.3 Å². The number of rotatable bonds is 6. The lowest BCUT2D eigenvalue weighted by atomic mass is 9.93. The van der Waals surface area contributed by atoms with Crippen LogP contribution in [0, 0.1) is 0 Å². The third kappa shape index (κ3) is 2.89. The molecule has 1 aliphatic rings. The number of carbonyl (C=O) groups is 1. The largest absolute Gasteiger partial charge is 0.492 e. The molecule has 0 spiro atoms. The minimum Gasteiger partial charge on any atom is -0.492 e. The number of benzene rings is 1. The molecule has 0 saturated carbocycles. The zero-order chi connectivity index (χ0) is 13.7. The maximum Gasteiger partial charge on any atom is 0.324 e. The molecule has 1 saturated heterocycles. The summed E-state index contributed by atoms with van der Waals surface area (Å²) >= 11 is 0. The van der Waals surface area contributed by atoms with E-state index in [1.165, 1.54) is 0 Å². The number of para-hydroxylation sites is 1. The maximum atomic E-state index is 11.5. The second-order valence-electron chi connectivity index (χ2n) is 4.94. The lowest BCUT2D eigenvalue weighted by Crippen LogP contribution is -2.51. The Balaban J connectivity index is 1.90. The average Bonchev–Trinajstić information content (AvgIpc) is 2.84. The fourth-order valence-electron chi connectivity index (χ4n) is 2.84. The highest BCUT2D eigenvalue weighted by Gasteiger charge is 2.45. The van der Waals surface area contributed by atoms with Crippen molar-refractivity contribution in [2.24, 2.45) is 0 Å². The van der Waals surface area contributed by atoms with Crippen LogP contribution in [0.5, 0.6) is 5.75 Å². The molecule has 1 unspecified atom stereocenters. The van der Waals surface area contributed by atoms with Crippen LogP contribution in [0.1, 0.15) is 26.2 Å². The van der Waals surface area contributed by atoms with E-state index in [9.17, 15) is 9.90 Å². The second kappa shape index (κ2) is 6.06. The molecule has 104 valence electrons. The highest BCUT2D eigenvalue weighted by Crippen LogP contribution is 2.32. The third-order valence-electron chi connectivity index (χ3n) is 3.98. The molecule has 2 rings (SSSR count). The summed E-state index contributed by atoms with van der Waals surface area (Å²) in [5.74, 6) is 0.131. The van der Waals surface area contributed by atoms with Gasteiger partial charge in [-0.2, -0.15) is 0 Å². The Morgan fingerprint density at radius 3 is 2.79 bits per heavy atom. The number of carboxylic acids is 1. The van der Waals surface area contributed by atoms with Gasteiger partial charge in [0.15, 0.2) is 0 Å². The quantitative estimate of drug-likeness (QED) is 0.856. The predicted molar refractivity (Wildman–Crippen MR) is 73.4 cm³/mol. The van der Waals surface area contributed by atoms with Gasteiger partial charge in [-0.15, -0.1) is 0 Å². The summed E-state index contributed by atoms with van der Waals surface area (Å²) < 4.78 is 5.65. The monoisotopic (exact) mass is 263 g/mol. The summed E-state index contributed by atoms with van der Waals surface area (Å²) in [4.78, 5) is 13.6. The van der Waals surface area contributed by atoms with Crippen molar-refractivity contribution in [3.63, 3.8) is 0 Å². The van der Waals surface area contributed by atoms with Gasteiger partial charge in [-0.3, -0.25) is 9.69 Å². The standard InChI is InChI=1S/C15H21NO3/c1-2-15(14(17)18)9-6-10-16(15)11-12-19-13-7-4-3-5-8-13/h3-5,7-8H,2,6,9-12H2,1H3,(H,17,18). The normalized spacial score (nSPS) is 23.4. The topological polar surface area (TPSA) is 49.8 Å². The first kappa shape index (κ1) is 13.9. The van der Waals surface area contributed by atoms with Crippen molar-refractivity contribution >= 4 is 5.97 Å². The number of hydrogen-bond donors (Lipinski definition) is 1. The van der Waals surface area contributed by atoms with E-state index in [0.29, 0.717) is 19.6 Å². The van der Waals surface area contributed by atoms with E-state index in [1.54, 1.807) is 0 Å². The van der Waals surface area contributed by atoms with Gasteiger partial charge in [0.05, 0.1) is 0 Å². The van der Waals surface area contributed by atoms with Gasteiger partial charge in [-0.05, 0) is 37.9 Å². The molecule has 1 N–H and O–H groups in total. The van der Waals surface area contributed by atoms with Crippen molar-refractivity contribution in [1.82, 2.24) is 4.90 Å². The van der Waals surface area contributed by atoms with Gasteiger partial charge >= 0.3 is 5.97 Å². The molecule has 19 heavy (non-hydrogen) atoms. The van der Waals surface area contributed by atoms with Crippen molar-refractivity contribution in [2.45, 2.75) is 31.7 Å². The molecule has 0 radical (unpaired) electrons. The fourth-order valence-corrected chi connectivity index (χ4v) is 2.84. The van der Waals surface area contributed by atoms with E-state index in [2.05, 4.69) is 4.90 Å². The molecule has 1 fully saturated rings. The molecule has 1 aromatic rings. The van der Waals surface area contributed by atoms with Crippen LogP contribution in [0.25, 0.3) is 0 Å². The Hall–Kier alpha value is -1.55. The lowest BCUT2D eigenvalue weighted by molar-refractivity contribution is -0.150. The van der Waals surface area contributed by atoms with E-state index in [1.807, 2.05) is 37.3 Å². The van der Waals surface area contributed by atoms with Crippen molar-refractivity contribution in [2.75, 3.05) is 19.7 Å². The highest BCUT2D eigenvalue weighted by molar-refractivity contribution is 5.79. The Bertz CT molecular complexity index is 421. The van der Waals surface area contributed by atoms with Gasteiger partial charge in [0, 0.05) is 6.54 Å². The van der Waals surface area contributed by atoms with E-state index >= 15 is 0 Å². The molecule has 0 aromatic heterocycles. The molecule has 0 aliphatic carbocycles. The van der Waals surface area contributed by atoms with Gasteiger partial charge in [0.2, 0.25) is 0 Å². The molecule has 1 aromatic carbocycles. The van der Waals surface area contributed by atoms with Gasteiger partial charge in [-0.25, -0.2) is 0 Å². The number of carboxylic acid groups (broad SMARTS) is 1. The van der Waals surface area contributed by atoms with Crippen LogP contribution in [-0.2, 0) is 4.79 Å². The van der Waals surface area contributed by atoms with Crippen LogP contribution in [-0.4, -0.2) is 41.2 Å². The van der Waals surface area contributed by atoms with Crippen LogP contribution in [0.2, 0.25) is 0 Å². The van der Waals surface area contributed by atoms with Crippen molar-refractivity contribution in [3.8, 4) is 5.75 Å². The summed E-state index contributed by atoms with van der Waals surface area (Å²) in [6.07, 6.45) is 2.34. The van der Waals surface area contributed by atoms with Gasteiger partial charge in [-0.1, -0.05) is 25.1 Å². The molecule has 0 bridgehead atoms. The zero-order valence-electron chi connectivity index (χ0n) is 11.3. The molecular weight excluding hydrogens is 242 g/mol. The molecule has 1 heterocycles. The summed E-state index contributed by atoms with van der Waals surface area (Å²) in [5.41, 5.74) is -0.681. The van der Waals surface area contributed by atoms with E-state index in [-0.39, 0.29) is 0 Å². The molecule has 1 atom stereocenters. The molecule has 4 nitrogen and oxygen atoms in total. The summed E-state index contributed by atoms with van der Waals surface area (Å²) in [7, 11) is 0. The fraction of sp³-hybridized carbons (Fsp3) is 0.533. The molecule has 4 heteroatoms. The first-order valence-electron chi connectivity index (χ1n) is 6.85. The van der Waals surface area contributed by atoms with E-state index in [4.69, 9.17) is 4.74 Å². The first-order valence-corrected chi connectivity index (χ1v) is 6.85. The molecule has 0 amide bonds. The Kier molecular flexibility index (Phi) is 4.43. The zero-order valence-corrected chi connectivity index (χ0v) is 11.3. The first-order chi connectivity index (χ1) is 9.19. The Morgan fingerprint density at radius 2 is 2.16 bits per heavy atom. The van der Waals surface area contributed by atoms with Crippen molar-refractivity contribution in [1.29, 1.82) is 0 Å². The SMILES string of the molecule is CCC1(C(=O)O)CCCN1CCOc1ccccc1. The van der Waals surface area contributed by atoms with Crippen molar-refractivity contribution < 1.29 is 14.6 Å². The number of ether oxygens (including phenoxy) is 1. The minimum absolute atomic E-state index is 0.527. The average molecular weight is 263 g/mol.